The molecule has 2 heterocycles. The number of carbonyl (C=O) groups is 1. The predicted molar refractivity (Wildman–Crippen MR) is 118 cm³/mol. The van der Waals surface area contributed by atoms with Crippen molar-refractivity contribution in [2.75, 3.05) is 11.6 Å². The molecule has 0 spiro atoms. The molecule has 0 fully saturated rings. The average molecular weight is 477 g/mol. The Hall–Kier alpha value is -3.14. The first kappa shape index (κ1) is 21.1. The van der Waals surface area contributed by atoms with Crippen LogP contribution in [0, 0.1) is 0 Å². The number of carbonyl (C=O) groups excluding carboxylic acids is 1. The smallest absolute Gasteiger partial charge is 0.404 e. The zero-order chi connectivity index (χ0) is 22.2. The van der Waals surface area contributed by atoms with Crippen LogP contribution in [0.15, 0.2) is 65.7 Å². The van der Waals surface area contributed by atoms with Crippen molar-refractivity contribution in [3.63, 3.8) is 0 Å². The van der Waals surface area contributed by atoms with Gasteiger partial charge in [0.1, 0.15) is 5.15 Å². The van der Waals surface area contributed by atoms with E-state index >= 15 is 0 Å². The van der Waals surface area contributed by atoms with Crippen molar-refractivity contribution in [2.45, 2.75) is 4.90 Å². The van der Waals surface area contributed by atoms with Crippen molar-refractivity contribution in [3.8, 4) is 17.0 Å². The molecule has 1 amide bonds. The molecule has 0 radical (unpaired) electrons. The van der Waals surface area contributed by atoms with Gasteiger partial charge in [0.2, 0.25) is 5.65 Å². The molecular formula is C20H14Cl2N4O4S. The van der Waals surface area contributed by atoms with Crippen molar-refractivity contribution in [3.05, 3.63) is 71.0 Å². The maximum absolute atomic E-state index is 12.4. The number of nitrogens with one attached hydrogen (secondary N) is 1. The van der Waals surface area contributed by atoms with Gasteiger partial charge >= 0.3 is 6.09 Å². The second-order valence-electron chi connectivity index (χ2n) is 6.53. The summed E-state index contributed by atoms with van der Waals surface area (Å²) in [6.07, 6.45) is 1.55. The van der Waals surface area contributed by atoms with Gasteiger partial charge in [-0.3, -0.25) is 5.32 Å². The number of hydrogen-bond acceptors (Lipinski definition) is 6. The summed E-state index contributed by atoms with van der Waals surface area (Å²) in [6.45, 7) is 0. The highest BCUT2D eigenvalue weighted by Crippen LogP contribution is 2.28. The lowest BCUT2D eigenvalue weighted by atomic mass is 10.1. The van der Waals surface area contributed by atoms with Crippen molar-refractivity contribution in [1.29, 1.82) is 0 Å². The van der Waals surface area contributed by atoms with Crippen LogP contribution in [0.3, 0.4) is 0 Å². The predicted octanol–water partition coefficient (Wildman–Crippen LogP) is 4.72. The fraction of sp³-hybridized carbons (Fsp3) is 0.0500. The third-order valence-corrected chi connectivity index (χ3v) is 5.88. The third kappa shape index (κ3) is 4.63. The number of hydrogen-bond donors (Lipinski definition) is 1. The van der Waals surface area contributed by atoms with Gasteiger partial charge in [0, 0.05) is 28.6 Å². The molecule has 0 unspecified atom stereocenters. The summed E-state index contributed by atoms with van der Waals surface area (Å²) in [6, 6.07) is 14.5. The first-order chi connectivity index (χ1) is 14.7. The number of nitrogens with zero attached hydrogens (tertiary/aromatic N) is 3. The monoisotopic (exact) mass is 476 g/mol. The molecule has 8 nitrogen and oxygen atoms in total. The van der Waals surface area contributed by atoms with Crippen LogP contribution in [0.4, 0.5) is 10.5 Å². The van der Waals surface area contributed by atoms with Gasteiger partial charge in [0.25, 0.3) is 0 Å². The number of ether oxygens (including phenoxy) is 1. The van der Waals surface area contributed by atoms with E-state index < -0.39 is 15.9 Å². The minimum Gasteiger partial charge on any atom is -0.404 e. The first-order valence-electron chi connectivity index (χ1n) is 8.80. The van der Waals surface area contributed by atoms with E-state index in [0.717, 1.165) is 11.8 Å². The Bertz CT molecular complexity index is 1400. The molecule has 31 heavy (non-hydrogen) atoms. The Morgan fingerprint density at radius 2 is 1.84 bits per heavy atom. The number of sulfone groups is 1. The fourth-order valence-corrected chi connectivity index (χ4v) is 3.81. The van der Waals surface area contributed by atoms with Gasteiger partial charge < -0.3 is 4.74 Å². The minimum absolute atomic E-state index is 0.0716. The molecule has 0 bridgehead atoms. The van der Waals surface area contributed by atoms with Gasteiger partial charge in [0.05, 0.1) is 16.8 Å². The largest absolute Gasteiger partial charge is 0.417 e. The summed E-state index contributed by atoms with van der Waals surface area (Å²) in [7, 11) is -3.42. The Morgan fingerprint density at radius 1 is 1.10 bits per heavy atom. The molecule has 158 valence electrons. The van der Waals surface area contributed by atoms with Crippen molar-refractivity contribution >= 4 is 50.5 Å². The fourth-order valence-electron chi connectivity index (χ4n) is 2.79. The maximum Gasteiger partial charge on any atom is 0.417 e. The summed E-state index contributed by atoms with van der Waals surface area (Å²) < 4.78 is 30.0. The summed E-state index contributed by atoms with van der Waals surface area (Å²) in [5.74, 6) is 0.0782. The van der Waals surface area contributed by atoms with Gasteiger partial charge in [-0.1, -0.05) is 41.4 Å². The Kier molecular flexibility index (Phi) is 5.57. The van der Waals surface area contributed by atoms with Gasteiger partial charge in [-0.25, -0.2) is 18.2 Å². The molecule has 11 heteroatoms. The number of aromatic nitrogens is 3. The summed E-state index contributed by atoms with van der Waals surface area (Å²) in [4.78, 5) is 16.9. The number of benzene rings is 2. The van der Waals surface area contributed by atoms with Crippen molar-refractivity contribution < 1.29 is 17.9 Å². The number of halogens is 2. The summed E-state index contributed by atoms with van der Waals surface area (Å²) >= 11 is 12.2. The van der Waals surface area contributed by atoms with E-state index in [1.165, 1.54) is 28.9 Å². The van der Waals surface area contributed by atoms with Crippen LogP contribution in [-0.4, -0.2) is 35.4 Å². The van der Waals surface area contributed by atoms with E-state index in [0.29, 0.717) is 10.7 Å². The van der Waals surface area contributed by atoms with Gasteiger partial charge in [-0.15, -0.1) is 0 Å². The molecule has 1 N–H and O–H groups in total. The van der Waals surface area contributed by atoms with Gasteiger partial charge in [-0.2, -0.15) is 9.61 Å². The molecule has 4 aromatic rings. The maximum atomic E-state index is 12.4. The molecule has 2 aromatic heterocycles. The van der Waals surface area contributed by atoms with E-state index in [2.05, 4.69) is 15.4 Å². The van der Waals surface area contributed by atoms with E-state index in [1.54, 1.807) is 36.4 Å². The summed E-state index contributed by atoms with van der Waals surface area (Å²) in [5, 5.41) is 7.43. The molecule has 2 aromatic carbocycles. The lowest BCUT2D eigenvalue weighted by molar-refractivity contribution is 0.215. The normalized spacial score (nSPS) is 11.5. The van der Waals surface area contributed by atoms with E-state index in [9.17, 15) is 13.2 Å². The Balaban J connectivity index is 1.61. The standard InChI is InChI=1S/C20H14Cl2N4O4S/c1-31(28,29)15-4-2-3-14(9-15)24-20(27)30-17-11-23-26-18(22)10-16(25-19(17)26)12-5-7-13(21)8-6-12/h2-11H,1H3,(H,24,27). The molecule has 0 saturated carbocycles. The van der Waals surface area contributed by atoms with Crippen molar-refractivity contribution in [1.82, 2.24) is 14.6 Å². The average Bonchev–Trinajstić information content (AvgIpc) is 3.11. The first-order valence-corrected chi connectivity index (χ1v) is 11.4. The van der Waals surface area contributed by atoms with Crippen LogP contribution in [0.2, 0.25) is 10.2 Å². The van der Waals surface area contributed by atoms with Crippen LogP contribution in [0.1, 0.15) is 0 Å². The molecule has 0 aliphatic rings. The second-order valence-corrected chi connectivity index (χ2v) is 9.37. The highest BCUT2D eigenvalue weighted by atomic mass is 35.5. The Morgan fingerprint density at radius 3 is 2.55 bits per heavy atom. The van der Waals surface area contributed by atoms with E-state index in [-0.39, 0.29) is 27.1 Å². The highest BCUT2D eigenvalue weighted by Gasteiger charge is 2.16. The zero-order valence-corrected chi connectivity index (χ0v) is 18.2. The molecule has 0 aliphatic heterocycles. The number of amides is 1. The second kappa shape index (κ2) is 8.18. The number of rotatable bonds is 4. The Labute approximate surface area is 187 Å². The summed E-state index contributed by atoms with van der Waals surface area (Å²) in [5.41, 5.74) is 1.80. The topological polar surface area (TPSA) is 103 Å². The van der Waals surface area contributed by atoms with Gasteiger partial charge in [-0.05, 0) is 30.3 Å². The lowest BCUT2D eigenvalue weighted by Gasteiger charge is -2.08. The van der Waals surface area contributed by atoms with E-state index in [1.807, 2.05) is 0 Å². The zero-order valence-electron chi connectivity index (χ0n) is 15.9. The van der Waals surface area contributed by atoms with Crippen LogP contribution in [-0.2, 0) is 9.84 Å². The van der Waals surface area contributed by atoms with E-state index in [4.69, 9.17) is 27.9 Å². The minimum atomic E-state index is -3.42. The number of anilines is 1. The van der Waals surface area contributed by atoms with Crippen LogP contribution >= 0.6 is 23.2 Å². The molecule has 0 atom stereocenters. The van der Waals surface area contributed by atoms with Crippen LogP contribution < -0.4 is 10.1 Å². The van der Waals surface area contributed by atoms with Crippen LogP contribution in [0.5, 0.6) is 5.75 Å². The third-order valence-electron chi connectivity index (χ3n) is 4.25. The molecule has 0 aliphatic carbocycles. The highest BCUT2D eigenvalue weighted by molar-refractivity contribution is 7.90. The van der Waals surface area contributed by atoms with Crippen molar-refractivity contribution in [2.24, 2.45) is 0 Å². The van der Waals surface area contributed by atoms with Gasteiger partial charge in [0.15, 0.2) is 15.6 Å². The lowest BCUT2D eigenvalue weighted by Crippen LogP contribution is -2.17. The number of fused-ring (bicyclic) bond motifs is 1. The van der Waals surface area contributed by atoms with Crippen LogP contribution in [0.25, 0.3) is 16.9 Å². The molecule has 4 rings (SSSR count). The SMILES string of the molecule is CS(=O)(=O)c1cccc(NC(=O)Oc2cnn3c(Cl)cc(-c4ccc(Cl)cc4)nc23)c1. The molecule has 0 saturated heterocycles. The molecular weight excluding hydrogens is 463 g/mol. The quantitative estimate of drug-likeness (QED) is 0.427.